The summed E-state index contributed by atoms with van der Waals surface area (Å²) in [6.45, 7) is 0. The molecule has 0 saturated carbocycles. The molecule has 0 bridgehead atoms. The van der Waals surface area contributed by atoms with E-state index in [0.29, 0.717) is 22.5 Å². The van der Waals surface area contributed by atoms with E-state index >= 15 is 0 Å². The first-order valence-corrected chi connectivity index (χ1v) is 5.88. The van der Waals surface area contributed by atoms with Gasteiger partial charge in [0.2, 0.25) is 0 Å². The molecule has 20 heavy (non-hydrogen) atoms. The molecule has 94 valence electrons. The molecule has 0 spiro atoms. The van der Waals surface area contributed by atoms with Crippen LogP contribution in [-0.2, 0) is 0 Å². The first-order valence-electron chi connectivity index (χ1n) is 5.88. The third kappa shape index (κ3) is 1.51. The van der Waals surface area contributed by atoms with Crippen LogP contribution in [0, 0.1) is 28.1 Å². The predicted molar refractivity (Wildman–Crippen MR) is 74.6 cm³/mol. The van der Waals surface area contributed by atoms with Crippen LogP contribution in [-0.4, -0.2) is 4.98 Å². The maximum absolute atomic E-state index is 9.19. The molecule has 5 heteroatoms. The van der Waals surface area contributed by atoms with Crippen molar-refractivity contribution in [2.45, 2.75) is 0 Å². The molecule has 3 rings (SSSR count). The number of hydrogen-bond donors (Lipinski definition) is 3. The van der Waals surface area contributed by atoms with Gasteiger partial charge in [-0.15, -0.1) is 0 Å². The van der Waals surface area contributed by atoms with Crippen LogP contribution in [0.25, 0.3) is 21.9 Å². The molecule has 0 aromatic carbocycles. The quantitative estimate of drug-likeness (QED) is 0.574. The van der Waals surface area contributed by atoms with Crippen LogP contribution >= 0.6 is 0 Å². The summed E-state index contributed by atoms with van der Waals surface area (Å²) in [5.41, 5.74) is 8.08. The first-order chi connectivity index (χ1) is 9.65. The van der Waals surface area contributed by atoms with Crippen molar-refractivity contribution in [2.24, 2.45) is 0 Å². The van der Waals surface area contributed by atoms with Crippen LogP contribution < -0.4 is 11.1 Å². The Balaban J connectivity index is 2.63. The molecule has 1 heterocycles. The van der Waals surface area contributed by atoms with Crippen LogP contribution in [0.1, 0.15) is 11.1 Å². The molecule has 0 fully saturated rings. The van der Waals surface area contributed by atoms with Crippen LogP contribution in [0.5, 0.6) is 0 Å². The van der Waals surface area contributed by atoms with Crippen molar-refractivity contribution >= 4 is 16.6 Å². The fraction of sp³-hybridized carbons (Fsp3) is 0. The van der Waals surface area contributed by atoms with Gasteiger partial charge in [0.1, 0.15) is 11.9 Å². The number of nitrogen functional groups attached to an aromatic ring is 1. The summed E-state index contributed by atoms with van der Waals surface area (Å²) >= 11 is 0. The Morgan fingerprint density at radius 2 is 1.90 bits per heavy atom. The summed E-state index contributed by atoms with van der Waals surface area (Å²) in [5.74, 6) is 0.458. The van der Waals surface area contributed by atoms with E-state index in [1.54, 1.807) is 30.5 Å². The maximum atomic E-state index is 9.19. The van der Waals surface area contributed by atoms with Crippen molar-refractivity contribution in [3.05, 3.63) is 46.9 Å². The lowest BCUT2D eigenvalue weighted by molar-refractivity contribution is 1.28. The minimum Gasteiger partial charge on any atom is -0.385 e. The third-order valence-electron chi connectivity index (χ3n) is 3.31. The minimum atomic E-state index is 0.161. The van der Waals surface area contributed by atoms with E-state index in [1.165, 1.54) is 0 Å². The number of aromatic amines is 1. The number of hydrogen-bond acceptors (Lipinski definition) is 4. The molecule has 2 aliphatic rings. The van der Waals surface area contributed by atoms with Crippen LogP contribution in [0.3, 0.4) is 0 Å². The van der Waals surface area contributed by atoms with Gasteiger partial charge in [0.15, 0.2) is 0 Å². The van der Waals surface area contributed by atoms with E-state index in [9.17, 15) is 5.26 Å². The van der Waals surface area contributed by atoms with Gasteiger partial charge in [-0.3, -0.25) is 5.41 Å². The summed E-state index contributed by atoms with van der Waals surface area (Å²) in [6, 6.07) is 10.8. The van der Waals surface area contributed by atoms with Crippen molar-refractivity contribution in [1.82, 2.24) is 4.98 Å². The van der Waals surface area contributed by atoms with Crippen molar-refractivity contribution in [1.29, 1.82) is 15.9 Å². The lowest BCUT2D eigenvalue weighted by Gasteiger charge is -2.00. The van der Waals surface area contributed by atoms with E-state index in [2.05, 4.69) is 11.1 Å². The van der Waals surface area contributed by atoms with Crippen molar-refractivity contribution < 1.29 is 0 Å². The number of nitrogens with two attached hydrogens (primary N) is 1. The van der Waals surface area contributed by atoms with Gasteiger partial charge in [0.25, 0.3) is 0 Å². The Kier molecular flexibility index (Phi) is 2.42. The van der Waals surface area contributed by atoms with E-state index in [0.717, 1.165) is 16.3 Å². The highest BCUT2D eigenvalue weighted by atomic mass is 14.8. The molecule has 0 aliphatic heterocycles. The predicted octanol–water partition coefficient (Wildman–Crippen LogP) is 2.08. The standard InChI is InChI=1S/C15H9N5/c16-5-8-1-2-10-11(4-13(18)12(10)6-17)14-9(3-8)7-20-15(14)19/h1-4,7,18,20H,19H2. The monoisotopic (exact) mass is 259 g/mol. The Morgan fingerprint density at radius 1 is 1.10 bits per heavy atom. The third-order valence-corrected chi connectivity index (χ3v) is 3.31. The van der Waals surface area contributed by atoms with Gasteiger partial charge in [0, 0.05) is 22.5 Å². The zero-order chi connectivity index (χ0) is 14.3. The van der Waals surface area contributed by atoms with E-state index in [4.69, 9.17) is 16.4 Å². The topological polar surface area (TPSA) is 113 Å². The van der Waals surface area contributed by atoms with Gasteiger partial charge in [-0.25, -0.2) is 0 Å². The fourth-order valence-electron chi connectivity index (χ4n) is 2.40. The van der Waals surface area contributed by atoms with Crippen LogP contribution in [0.4, 0.5) is 5.82 Å². The molecule has 0 radical (unpaired) electrons. The zero-order valence-corrected chi connectivity index (χ0v) is 10.4. The molecule has 0 saturated heterocycles. The van der Waals surface area contributed by atoms with Crippen molar-refractivity contribution in [3.63, 3.8) is 0 Å². The van der Waals surface area contributed by atoms with Crippen LogP contribution in [0.15, 0.2) is 30.5 Å². The van der Waals surface area contributed by atoms with Gasteiger partial charge in [-0.05, 0) is 23.8 Å². The number of fused-ring (bicyclic) bond motifs is 3. The zero-order valence-electron chi connectivity index (χ0n) is 10.4. The molecule has 0 unspecified atom stereocenters. The molecular formula is C15H9N5. The van der Waals surface area contributed by atoms with Crippen molar-refractivity contribution in [3.8, 4) is 23.3 Å². The second kappa shape index (κ2) is 4.11. The Hall–Kier alpha value is -3.31. The van der Waals surface area contributed by atoms with E-state index < -0.39 is 0 Å². The van der Waals surface area contributed by atoms with Gasteiger partial charge < -0.3 is 10.7 Å². The van der Waals surface area contributed by atoms with Crippen molar-refractivity contribution in [2.75, 3.05) is 5.73 Å². The highest BCUT2D eigenvalue weighted by molar-refractivity contribution is 6.04. The normalized spacial score (nSPS) is 10.3. The molecule has 0 atom stereocenters. The van der Waals surface area contributed by atoms with Gasteiger partial charge in [-0.2, -0.15) is 10.5 Å². The lowest BCUT2D eigenvalue weighted by Crippen LogP contribution is -1.95. The summed E-state index contributed by atoms with van der Waals surface area (Å²) < 4.78 is 0. The molecule has 1 aromatic rings. The minimum absolute atomic E-state index is 0.161. The average molecular weight is 259 g/mol. The fourth-order valence-corrected chi connectivity index (χ4v) is 2.40. The SMILES string of the molecule is N#Cc1ccc2c(C#N)c(=N)cc-2c2c(N)[nH]cc2c1. The Bertz CT molecular complexity index is 953. The highest BCUT2D eigenvalue weighted by Gasteiger charge is 2.16. The Labute approximate surface area is 114 Å². The van der Waals surface area contributed by atoms with E-state index in [1.807, 2.05) is 6.07 Å². The highest BCUT2D eigenvalue weighted by Crippen LogP contribution is 2.33. The summed E-state index contributed by atoms with van der Waals surface area (Å²) in [6.07, 6.45) is 1.72. The number of H-pyrrole nitrogens is 1. The van der Waals surface area contributed by atoms with Gasteiger partial charge in [0.05, 0.1) is 22.6 Å². The second-order valence-corrected chi connectivity index (χ2v) is 4.45. The molecular weight excluding hydrogens is 250 g/mol. The lowest BCUT2D eigenvalue weighted by atomic mass is 10.0. The molecule has 0 amide bonds. The number of nitrogens with zero attached hydrogens (tertiary/aromatic N) is 2. The van der Waals surface area contributed by atoms with Gasteiger partial charge >= 0.3 is 0 Å². The molecule has 4 N–H and O–H groups in total. The summed E-state index contributed by atoms with van der Waals surface area (Å²) in [7, 11) is 0. The number of nitriles is 2. The summed E-state index contributed by atoms with van der Waals surface area (Å²) in [5, 5.41) is 27.8. The molecule has 5 nitrogen and oxygen atoms in total. The first kappa shape index (κ1) is 11.8. The number of anilines is 1. The largest absolute Gasteiger partial charge is 0.385 e. The Morgan fingerprint density at radius 3 is 2.60 bits per heavy atom. The number of rotatable bonds is 0. The van der Waals surface area contributed by atoms with Gasteiger partial charge in [-0.1, -0.05) is 6.07 Å². The average Bonchev–Trinajstić information content (AvgIpc) is 2.91. The number of nitrogens with one attached hydrogen (secondary N) is 2. The molecule has 1 aromatic heterocycles. The van der Waals surface area contributed by atoms with E-state index in [-0.39, 0.29) is 5.36 Å². The number of aromatic nitrogens is 1. The second-order valence-electron chi connectivity index (χ2n) is 4.45. The molecule has 2 aliphatic carbocycles. The maximum Gasteiger partial charge on any atom is 0.109 e. The smallest absolute Gasteiger partial charge is 0.109 e. The van der Waals surface area contributed by atoms with Crippen LogP contribution in [0.2, 0.25) is 0 Å². The summed E-state index contributed by atoms with van der Waals surface area (Å²) in [4.78, 5) is 2.92.